The Morgan fingerprint density at radius 3 is 2.90 bits per heavy atom. The molecule has 1 aromatic carbocycles. The maximum atomic E-state index is 13.1. The van der Waals surface area contributed by atoms with Crippen LogP contribution in [0.5, 0.6) is 0 Å². The monoisotopic (exact) mass is 410 g/mol. The topological polar surface area (TPSA) is 68.2 Å². The first-order valence-corrected chi connectivity index (χ1v) is 10.1. The highest BCUT2D eigenvalue weighted by atomic mass is 35.5. The van der Waals surface area contributed by atoms with E-state index in [1.807, 2.05) is 19.1 Å². The van der Waals surface area contributed by atoms with Gasteiger partial charge in [-0.15, -0.1) is 0 Å². The van der Waals surface area contributed by atoms with Crippen molar-refractivity contribution in [3.63, 3.8) is 0 Å². The minimum absolute atomic E-state index is 0.0210. The number of pyridine rings is 1. The largest absolute Gasteiger partial charge is 0.376 e. The van der Waals surface area contributed by atoms with Gasteiger partial charge in [0.25, 0.3) is 5.91 Å². The molecule has 0 unspecified atom stereocenters. The molecule has 0 aliphatic carbocycles. The summed E-state index contributed by atoms with van der Waals surface area (Å²) in [4.78, 5) is 27.7. The van der Waals surface area contributed by atoms with Gasteiger partial charge in [0, 0.05) is 43.0 Å². The van der Waals surface area contributed by atoms with Gasteiger partial charge in [-0.25, -0.2) is 9.97 Å². The highest BCUT2D eigenvalue weighted by molar-refractivity contribution is 6.30. The molecule has 0 bridgehead atoms. The fourth-order valence-electron chi connectivity index (χ4n) is 3.65. The summed E-state index contributed by atoms with van der Waals surface area (Å²) in [6.07, 6.45) is 6.52. The summed E-state index contributed by atoms with van der Waals surface area (Å²) >= 11 is 6.53. The normalized spacial score (nSPS) is 16.3. The fraction of sp³-hybridized carbons (Fsp3) is 0.364. The molecular weight excluding hydrogens is 388 g/mol. The number of nitrogens with zero attached hydrogens (tertiary/aromatic N) is 4. The molecule has 1 aliphatic heterocycles. The molecule has 1 atom stereocenters. The third kappa shape index (κ3) is 4.23. The second-order valence-corrected chi connectivity index (χ2v) is 7.79. The SMILES string of the molecule is Cc1ccc2cc(CN(C[C@H]3CCCO3)C(=O)c3cnccn3)c(Cl)nc2c1C. The van der Waals surface area contributed by atoms with E-state index < -0.39 is 0 Å². The Kier molecular flexibility index (Phi) is 5.74. The van der Waals surface area contributed by atoms with E-state index in [2.05, 4.69) is 27.9 Å². The number of aromatic nitrogens is 3. The number of hydrogen-bond acceptors (Lipinski definition) is 5. The molecule has 4 rings (SSSR count). The Balaban J connectivity index is 1.67. The van der Waals surface area contributed by atoms with Crippen LogP contribution < -0.4 is 0 Å². The Bertz CT molecular complexity index is 1040. The number of fused-ring (bicyclic) bond motifs is 1. The van der Waals surface area contributed by atoms with Crippen molar-refractivity contribution in [3.05, 3.63) is 64.3 Å². The van der Waals surface area contributed by atoms with Crippen LogP contribution in [-0.4, -0.2) is 45.0 Å². The van der Waals surface area contributed by atoms with Crippen LogP contribution in [0.3, 0.4) is 0 Å². The van der Waals surface area contributed by atoms with Gasteiger partial charge in [-0.05, 0) is 43.9 Å². The number of ether oxygens (including phenoxy) is 1. The fourth-order valence-corrected chi connectivity index (χ4v) is 3.84. The first-order chi connectivity index (χ1) is 14.0. The zero-order valence-corrected chi connectivity index (χ0v) is 17.3. The van der Waals surface area contributed by atoms with Crippen molar-refractivity contribution >= 4 is 28.4 Å². The van der Waals surface area contributed by atoms with Gasteiger partial charge in [-0.1, -0.05) is 23.7 Å². The summed E-state index contributed by atoms with van der Waals surface area (Å²) in [5.41, 5.74) is 4.29. The van der Waals surface area contributed by atoms with Crippen LogP contribution in [0, 0.1) is 13.8 Å². The van der Waals surface area contributed by atoms with Crippen LogP contribution in [0.4, 0.5) is 0 Å². The zero-order chi connectivity index (χ0) is 20.4. The highest BCUT2D eigenvalue weighted by Gasteiger charge is 2.25. The van der Waals surface area contributed by atoms with Gasteiger partial charge in [-0.2, -0.15) is 0 Å². The molecule has 0 saturated carbocycles. The number of amides is 1. The van der Waals surface area contributed by atoms with Gasteiger partial charge in [-0.3, -0.25) is 9.78 Å². The van der Waals surface area contributed by atoms with Crippen molar-refractivity contribution in [2.75, 3.05) is 13.2 Å². The summed E-state index contributed by atoms with van der Waals surface area (Å²) in [5.74, 6) is -0.190. The Morgan fingerprint density at radius 2 is 2.17 bits per heavy atom. The number of carbonyl (C=O) groups excluding carboxylic acids is 1. The van der Waals surface area contributed by atoms with Gasteiger partial charge in [0.2, 0.25) is 0 Å². The molecule has 150 valence electrons. The Hall–Kier alpha value is -2.57. The molecule has 7 heteroatoms. The first kappa shape index (κ1) is 19.7. The lowest BCUT2D eigenvalue weighted by molar-refractivity contribution is 0.0502. The minimum Gasteiger partial charge on any atom is -0.376 e. The summed E-state index contributed by atoms with van der Waals surface area (Å²) in [6.45, 7) is 5.65. The number of hydrogen-bond donors (Lipinski definition) is 0. The van der Waals surface area contributed by atoms with Crippen molar-refractivity contribution in [1.82, 2.24) is 19.9 Å². The molecule has 0 radical (unpaired) electrons. The summed E-state index contributed by atoms with van der Waals surface area (Å²) in [7, 11) is 0. The van der Waals surface area contributed by atoms with Crippen LogP contribution in [-0.2, 0) is 11.3 Å². The average Bonchev–Trinajstić information content (AvgIpc) is 3.25. The molecule has 3 aromatic rings. The van der Waals surface area contributed by atoms with Gasteiger partial charge < -0.3 is 9.64 Å². The molecule has 2 aromatic heterocycles. The van der Waals surface area contributed by atoms with Gasteiger partial charge in [0.15, 0.2) is 0 Å². The van der Waals surface area contributed by atoms with Crippen molar-refractivity contribution in [2.45, 2.75) is 39.3 Å². The molecule has 29 heavy (non-hydrogen) atoms. The maximum absolute atomic E-state index is 13.1. The van der Waals surface area contributed by atoms with Crippen LogP contribution >= 0.6 is 11.6 Å². The Morgan fingerprint density at radius 1 is 1.31 bits per heavy atom. The number of rotatable bonds is 5. The van der Waals surface area contributed by atoms with Gasteiger partial charge in [0.05, 0.1) is 17.8 Å². The molecule has 6 nitrogen and oxygen atoms in total. The maximum Gasteiger partial charge on any atom is 0.274 e. The quantitative estimate of drug-likeness (QED) is 0.592. The lowest BCUT2D eigenvalue weighted by Crippen LogP contribution is -2.37. The lowest BCUT2D eigenvalue weighted by atomic mass is 10.0. The standard InChI is InChI=1S/C22H23ClN4O2/c1-14-5-6-16-10-17(21(23)26-20(16)15(14)2)12-27(13-18-4-3-9-29-18)22(28)19-11-24-7-8-25-19/h5-8,10-11,18H,3-4,9,12-13H2,1-2H3/t18-/m1/s1. The molecule has 1 saturated heterocycles. The molecule has 3 heterocycles. The third-order valence-corrected chi connectivity index (χ3v) is 5.74. The summed E-state index contributed by atoms with van der Waals surface area (Å²) < 4.78 is 5.76. The van der Waals surface area contributed by atoms with E-state index in [0.29, 0.717) is 23.9 Å². The van der Waals surface area contributed by atoms with E-state index in [-0.39, 0.29) is 12.0 Å². The van der Waals surface area contributed by atoms with E-state index in [4.69, 9.17) is 16.3 Å². The first-order valence-electron chi connectivity index (χ1n) is 9.75. The highest BCUT2D eigenvalue weighted by Crippen LogP contribution is 2.26. The number of aryl methyl sites for hydroxylation is 2. The third-order valence-electron chi connectivity index (χ3n) is 5.42. The van der Waals surface area contributed by atoms with Crippen molar-refractivity contribution in [2.24, 2.45) is 0 Å². The molecule has 0 N–H and O–H groups in total. The van der Waals surface area contributed by atoms with E-state index in [0.717, 1.165) is 41.5 Å². The van der Waals surface area contributed by atoms with Crippen molar-refractivity contribution < 1.29 is 9.53 Å². The Labute approximate surface area is 174 Å². The van der Waals surface area contributed by atoms with E-state index >= 15 is 0 Å². The zero-order valence-electron chi connectivity index (χ0n) is 16.6. The van der Waals surface area contributed by atoms with E-state index in [1.165, 1.54) is 18.0 Å². The van der Waals surface area contributed by atoms with E-state index in [1.54, 1.807) is 11.1 Å². The molecule has 1 aliphatic rings. The second-order valence-electron chi connectivity index (χ2n) is 7.43. The summed E-state index contributed by atoms with van der Waals surface area (Å²) in [6, 6.07) is 6.13. The van der Waals surface area contributed by atoms with Crippen molar-refractivity contribution in [3.8, 4) is 0 Å². The molecule has 0 spiro atoms. The number of halogens is 1. The van der Waals surface area contributed by atoms with Gasteiger partial charge in [0.1, 0.15) is 10.8 Å². The van der Waals surface area contributed by atoms with E-state index in [9.17, 15) is 4.79 Å². The lowest BCUT2D eigenvalue weighted by Gasteiger charge is -2.25. The average molecular weight is 411 g/mol. The predicted molar refractivity (Wildman–Crippen MR) is 112 cm³/mol. The second kappa shape index (κ2) is 8.43. The number of carbonyl (C=O) groups is 1. The van der Waals surface area contributed by atoms with Crippen LogP contribution in [0.15, 0.2) is 36.8 Å². The summed E-state index contributed by atoms with van der Waals surface area (Å²) in [5, 5.41) is 1.42. The predicted octanol–water partition coefficient (Wildman–Crippen LogP) is 4.12. The minimum atomic E-state index is -0.190. The van der Waals surface area contributed by atoms with Gasteiger partial charge >= 0.3 is 0 Å². The number of benzene rings is 1. The molecular formula is C22H23ClN4O2. The van der Waals surface area contributed by atoms with Crippen molar-refractivity contribution in [1.29, 1.82) is 0 Å². The van der Waals surface area contributed by atoms with Crippen LogP contribution in [0.2, 0.25) is 5.15 Å². The van der Waals surface area contributed by atoms with Crippen LogP contribution in [0.1, 0.15) is 40.0 Å². The molecule has 1 amide bonds. The van der Waals surface area contributed by atoms with Crippen LogP contribution in [0.25, 0.3) is 10.9 Å². The smallest absolute Gasteiger partial charge is 0.274 e. The molecule has 1 fully saturated rings.